The molecule has 0 aliphatic carbocycles. The third-order valence-corrected chi connectivity index (χ3v) is 6.66. The van der Waals surface area contributed by atoms with Gasteiger partial charge in [0.05, 0.1) is 16.3 Å². The third-order valence-electron chi connectivity index (χ3n) is 5.92. The summed E-state index contributed by atoms with van der Waals surface area (Å²) >= 11 is 11.9. The Morgan fingerprint density at radius 2 is 1.71 bits per heavy atom. The van der Waals surface area contributed by atoms with Gasteiger partial charge in [-0.05, 0) is 54.8 Å². The molecule has 1 heterocycles. The lowest BCUT2D eigenvalue weighted by Gasteiger charge is -2.20. The van der Waals surface area contributed by atoms with Crippen LogP contribution in [0.4, 0.5) is 0 Å². The lowest BCUT2D eigenvalue weighted by molar-refractivity contribution is -0.123. The highest BCUT2D eigenvalue weighted by molar-refractivity contribution is 6.42. The van der Waals surface area contributed by atoms with Gasteiger partial charge < -0.3 is 9.88 Å². The Hall–Kier alpha value is -3.35. The van der Waals surface area contributed by atoms with E-state index in [9.17, 15) is 9.59 Å². The average molecular weight is 509 g/mol. The average Bonchev–Trinajstić information content (AvgIpc) is 3.16. The van der Waals surface area contributed by atoms with Crippen molar-refractivity contribution in [3.8, 4) is 0 Å². The van der Waals surface area contributed by atoms with E-state index in [2.05, 4.69) is 51.6 Å². The number of aryl methyl sites for hydroxylation is 1. The van der Waals surface area contributed by atoms with E-state index < -0.39 is 17.9 Å². The van der Waals surface area contributed by atoms with Crippen LogP contribution in [-0.4, -0.2) is 28.6 Å². The molecule has 2 N–H and O–H groups in total. The summed E-state index contributed by atoms with van der Waals surface area (Å²) < 4.78 is 2.27. The zero-order valence-electron chi connectivity index (χ0n) is 19.7. The molecule has 0 spiro atoms. The number of para-hydroxylation sites is 1. The molecule has 1 unspecified atom stereocenters. The second-order valence-electron chi connectivity index (χ2n) is 8.60. The molecular weight excluding hydrogens is 483 g/mol. The van der Waals surface area contributed by atoms with Gasteiger partial charge in [0.2, 0.25) is 0 Å². The summed E-state index contributed by atoms with van der Waals surface area (Å²) in [6, 6.07) is 18.2. The Morgan fingerprint density at radius 1 is 0.971 bits per heavy atom. The third kappa shape index (κ3) is 5.19. The number of halogens is 2. The quantitative estimate of drug-likeness (QED) is 0.236. The minimum atomic E-state index is -0.779. The number of nitrogens with one attached hydrogen (secondary N) is 2. The summed E-state index contributed by atoms with van der Waals surface area (Å²) in [6.45, 7) is 6.70. The van der Waals surface area contributed by atoms with Crippen molar-refractivity contribution < 1.29 is 9.59 Å². The lowest BCUT2D eigenvalue weighted by atomic mass is 10.0. The van der Waals surface area contributed by atoms with Crippen molar-refractivity contribution in [3.05, 3.63) is 81.8 Å². The van der Waals surface area contributed by atoms with Gasteiger partial charge in [0.25, 0.3) is 11.8 Å². The van der Waals surface area contributed by atoms with Gasteiger partial charge in [-0.1, -0.05) is 61.3 Å². The van der Waals surface area contributed by atoms with Gasteiger partial charge in [0.15, 0.2) is 0 Å². The van der Waals surface area contributed by atoms with Crippen molar-refractivity contribution in [2.75, 3.05) is 0 Å². The highest BCUT2D eigenvalue weighted by Gasteiger charge is 2.24. The molecule has 0 saturated heterocycles. The van der Waals surface area contributed by atoms with Crippen LogP contribution in [0.2, 0.25) is 10.0 Å². The first-order chi connectivity index (χ1) is 16.8. The van der Waals surface area contributed by atoms with Crippen molar-refractivity contribution in [1.82, 2.24) is 15.3 Å². The van der Waals surface area contributed by atoms with Crippen molar-refractivity contribution in [2.45, 2.75) is 33.4 Å². The van der Waals surface area contributed by atoms with E-state index in [1.807, 2.05) is 32.0 Å². The number of amides is 2. The van der Waals surface area contributed by atoms with E-state index in [1.165, 1.54) is 17.0 Å². The lowest BCUT2D eigenvalue weighted by Crippen LogP contribution is -2.48. The maximum atomic E-state index is 12.8. The summed E-state index contributed by atoms with van der Waals surface area (Å²) in [5, 5.41) is 9.83. The first kappa shape index (κ1) is 24.8. The number of hydrazone groups is 1. The molecule has 0 saturated carbocycles. The van der Waals surface area contributed by atoms with Gasteiger partial charge in [-0.3, -0.25) is 9.59 Å². The topological polar surface area (TPSA) is 75.5 Å². The predicted octanol–water partition coefficient (Wildman–Crippen LogP) is 6.03. The fraction of sp³-hybridized carbons (Fsp3) is 0.222. The van der Waals surface area contributed by atoms with E-state index in [0.29, 0.717) is 10.6 Å². The maximum Gasteiger partial charge on any atom is 0.262 e. The van der Waals surface area contributed by atoms with E-state index in [1.54, 1.807) is 18.3 Å². The molecule has 1 aromatic heterocycles. The van der Waals surface area contributed by atoms with Crippen molar-refractivity contribution >= 4 is 63.0 Å². The van der Waals surface area contributed by atoms with Crippen LogP contribution in [0.25, 0.3) is 21.8 Å². The molecule has 0 fully saturated rings. The van der Waals surface area contributed by atoms with Crippen LogP contribution in [-0.2, 0) is 11.3 Å². The highest BCUT2D eigenvalue weighted by Crippen LogP contribution is 2.29. The zero-order chi connectivity index (χ0) is 25.1. The van der Waals surface area contributed by atoms with Gasteiger partial charge in [0, 0.05) is 33.9 Å². The van der Waals surface area contributed by atoms with E-state index in [4.69, 9.17) is 23.2 Å². The van der Waals surface area contributed by atoms with Crippen LogP contribution in [0.15, 0.2) is 65.8 Å². The first-order valence-corrected chi connectivity index (χ1v) is 12.2. The minimum Gasteiger partial charge on any atom is -0.341 e. The van der Waals surface area contributed by atoms with Gasteiger partial charge in [0.1, 0.15) is 6.04 Å². The standard InChI is InChI=1S/C27H26Cl2N4O2/c1-4-33-23-8-6-5-7-19(23)20-13-17(9-12-24(20)33)15-30-32-27(35)25(16(2)3)31-26(34)18-10-11-21(28)22(29)14-18/h5-16,25H,4H2,1-3H3,(H,31,34)(H,32,35). The monoisotopic (exact) mass is 508 g/mol. The van der Waals surface area contributed by atoms with E-state index in [0.717, 1.165) is 23.0 Å². The molecule has 35 heavy (non-hydrogen) atoms. The fourth-order valence-corrected chi connectivity index (χ4v) is 4.43. The largest absolute Gasteiger partial charge is 0.341 e. The van der Waals surface area contributed by atoms with Crippen LogP contribution in [0.3, 0.4) is 0 Å². The van der Waals surface area contributed by atoms with Crippen LogP contribution < -0.4 is 10.7 Å². The predicted molar refractivity (Wildman–Crippen MR) is 143 cm³/mol. The molecular formula is C27H26Cl2N4O2. The van der Waals surface area contributed by atoms with E-state index in [-0.39, 0.29) is 10.9 Å². The minimum absolute atomic E-state index is 0.159. The molecule has 6 nitrogen and oxygen atoms in total. The second-order valence-corrected chi connectivity index (χ2v) is 9.41. The Labute approximate surface area is 213 Å². The molecule has 8 heteroatoms. The number of hydrogen-bond donors (Lipinski definition) is 2. The number of nitrogens with zero attached hydrogens (tertiary/aromatic N) is 2. The number of hydrogen-bond acceptors (Lipinski definition) is 3. The van der Waals surface area contributed by atoms with Gasteiger partial charge in [-0.25, -0.2) is 5.43 Å². The molecule has 4 aromatic rings. The number of fused-ring (bicyclic) bond motifs is 3. The van der Waals surface area contributed by atoms with Crippen LogP contribution in [0.1, 0.15) is 36.7 Å². The number of rotatable bonds is 7. The maximum absolute atomic E-state index is 12.8. The number of carbonyl (C=O) groups excluding carboxylic acids is 2. The van der Waals surface area contributed by atoms with Crippen LogP contribution in [0, 0.1) is 5.92 Å². The smallest absolute Gasteiger partial charge is 0.262 e. The summed E-state index contributed by atoms with van der Waals surface area (Å²) in [6.07, 6.45) is 1.60. The van der Waals surface area contributed by atoms with Gasteiger partial charge >= 0.3 is 0 Å². The van der Waals surface area contributed by atoms with Crippen LogP contribution >= 0.6 is 23.2 Å². The molecule has 3 aromatic carbocycles. The summed E-state index contributed by atoms with van der Waals surface area (Å²) in [7, 11) is 0. The van der Waals surface area contributed by atoms with Crippen molar-refractivity contribution in [3.63, 3.8) is 0 Å². The Morgan fingerprint density at radius 3 is 2.43 bits per heavy atom. The first-order valence-electron chi connectivity index (χ1n) is 11.4. The van der Waals surface area contributed by atoms with E-state index >= 15 is 0 Å². The number of carbonyl (C=O) groups is 2. The Kier molecular flexibility index (Phi) is 7.43. The molecule has 0 bridgehead atoms. The van der Waals surface area contributed by atoms with Crippen molar-refractivity contribution in [1.29, 1.82) is 0 Å². The fourth-order valence-electron chi connectivity index (χ4n) is 4.13. The van der Waals surface area contributed by atoms with Crippen LogP contribution in [0.5, 0.6) is 0 Å². The van der Waals surface area contributed by atoms with Crippen molar-refractivity contribution in [2.24, 2.45) is 11.0 Å². The van der Waals surface area contributed by atoms with Gasteiger partial charge in [-0.15, -0.1) is 0 Å². The molecule has 0 aliphatic heterocycles. The second kappa shape index (κ2) is 10.5. The number of benzene rings is 3. The highest BCUT2D eigenvalue weighted by atomic mass is 35.5. The normalized spacial score (nSPS) is 12.5. The van der Waals surface area contributed by atoms with Gasteiger partial charge in [-0.2, -0.15) is 5.10 Å². The summed E-state index contributed by atoms with van der Waals surface area (Å²) in [5.74, 6) is -0.985. The summed E-state index contributed by atoms with van der Waals surface area (Å²) in [5.41, 5.74) is 6.07. The molecule has 0 aliphatic rings. The molecule has 0 radical (unpaired) electrons. The Bertz CT molecular complexity index is 1440. The SMILES string of the molecule is CCn1c2ccccc2c2cc(C=NNC(=O)C(NC(=O)c3ccc(Cl)c(Cl)c3)C(C)C)ccc21. The molecule has 2 amide bonds. The molecule has 4 rings (SSSR count). The molecule has 1 atom stereocenters. The summed E-state index contributed by atoms with van der Waals surface area (Å²) in [4.78, 5) is 25.4. The Balaban J connectivity index is 1.49. The molecule has 180 valence electrons. The number of aromatic nitrogens is 1. The zero-order valence-corrected chi connectivity index (χ0v) is 21.2.